The van der Waals surface area contributed by atoms with Crippen LogP contribution in [-0.4, -0.2) is 28.6 Å². The molecule has 2 rings (SSSR count). The first-order valence-electron chi connectivity index (χ1n) is 5.24. The highest BCUT2D eigenvalue weighted by Gasteiger charge is 2.33. The fourth-order valence-corrected chi connectivity index (χ4v) is 2.35. The van der Waals surface area contributed by atoms with E-state index >= 15 is 0 Å². The molecule has 0 aliphatic carbocycles. The number of nitrogens with zero attached hydrogens (tertiary/aromatic N) is 3. The molecule has 1 aliphatic heterocycles. The zero-order valence-corrected chi connectivity index (χ0v) is 10.8. The van der Waals surface area contributed by atoms with Crippen LogP contribution in [0.25, 0.3) is 0 Å². The largest absolute Gasteiger partial charge is 0.355 e. The van der Waals surface area contributed by atoms with Crippen molar-refractivity contribution in [2.24, 2.45) is 5.41 Å². The van der Waals surface area contributed by atoms with Crippen molar-refractivity contribution in [1.29, 1.82) is 0 Å². The molecule has 0 N–H and O–H groups in total. The molecule has 2 heterocycles. The van der Waals surface area contributed by atoms with Crippen LogP contribution in [0.3, 0.4) is 0 Å². The molecule has 1 aromatic heterocycles. The fourth-order valence-electron chi connectivity index (χ4n) is 1.89. The topological polar surface area (TPSA) is 29.0 Å². The van der Waals surface area contributed by atoms with Crippen LogP contribution in [-0.2, 0) is 0 Å². The molecule has 0 bridgehead atoms. The Hall–Kier alpha value is -0.640. The summed E-state index contributed by atoms with van der Waals surface area (Å²) in [5.74, 6) is 1.00. The van der Waals surface area contributed by atoms with Gasteiger partial charge < -0.3 is 4.90 Å². The summed E-state index contributed by atoms with van der Waals surface area (Å²) in [6, 6.07) is 4.08. The zero-order valence-electron chi connectivity index (χ0n) is 9.20. The van der Waals surface area contributed by atoms with E-state index in [1.165, 1.54) is 6.42 Å². The maximum absolute atomic E-state index is 4.22. The highest BCUT2D eigenvalue weighted by Crippen LogP contribution is 2.33. The van der Waals surface area contributed by atoms with Gasteiger partial charge in [-0.05, 0) is 30.9 Å². The van der Waals surface area contributed by atoms with Crippen LogP contribution in [0.4, 0.5) is 5.82 Å². The first-order valence-corrected chi connectivity index (χ1v) is 6.36. The lowest BCUT2D eigenvalue weighted by Gasteiger charge is -2.22. The Morgan fingerprint density at radius 2 is 2.27 bits per heavy atom. The summed E-state index contributed by atoms with van der Waals surface area (Å²) < 4.78 is 0. The molecule has 3 nitrogen and oxygen atoms in total. The number of aromatic nitrogens is 2. The summed E-state index contributed by atoms with van der Waals surface area (Å²) in [4.78, 5) is 2.31. The van der Waals surface area contributed by atoms with Crippen molar-refractivity contribution in [3.63, 3.8) is 0 Å². The molecule has 0 spiro atoms. The van der Waals surface area contributed by atoms with Crippen molar-refractivity contribution in [1.82, 2.24) is 10.2 Å². The molecular weight excluding hydrogens is 254 g/mol. The van der Waals surface area contributed by atoms with Crippen LogP contribution < -0.4 is 4.90 Å². The average molecular weight is 270 g/mol. The average Bonchev–Trinajstić information content (AvgIpc) is 2.63. The molecule has 0 aromatic carbocycles. The van der Waals surface area contributed by atoms with Gasteiger partial charge in [-0.15, -0.1) is 5.10 Å². The number of hydrogen-bond donors (Lipinski definition) is 0. The molecule has 0 radical (unpaired) electrons. The maximum atomic E-state index is 4.22. The van der Waals surface area contributed by atoms with Crippen LogP contribution in [0.15, 0.2) is 12.1 Å². The lowest BCUT2D eigenvalue weighted by molar-refractivity contribution is 0.432. The van der Waals surface area contributed by atoms with E-state index < -0.39 is 0 Å². The number of aryl methyl sites for hydroxylation is 1. The van der Waals surface area contributed by atoms with E-state index in [0.29, 0.717) is 5.41 Å². The van der Waals surface area contributed by atoms with Gasteiger partial charge in [0.1, 0.15) is 0 Å². The third-order valence-electron chi connectivity index (χ3n) is 2.99. The lowest BCUT2D eigenvalue weighted by Crippen LogP contribution is -2.26. The summed E-state index contributed by atoms with van der Waals surface area (Å²) in [6.07, 6.45) is 1.22. The molecule has 1 saturated heterocycles. The Morgan fingerprint density at radius 3 is 2.80 bits per heavy atom. The smallest absolute Gasteiger partial charge is 0.151 e. The molecule has 1 aliphatic rings. The van der Waals surface area contributed by atoms with Crippen molar-refractivity contribution in [3.05, 3.63) is 17.8 Å². The second-order valence-electron chi connectivity index (χ2n) is 4.65. The van der Waals surface area contributed by atoms with E-state index in [2.05, 4.69) is 44.0 Å². The summed E-state index contributed by atoms with van der Waals surface area (Å²) in [5.41, 5.74) is 1.35. The molecule has 15 heavy (non-hydrogen) atoms. The van der Waals surface area contributed by atoms with Crippen molar-refractivity contribution in [2.75, 3.05) is 23.3 Å². The number of anilines is 1. The Bertz CT molecular complexity index is 338. The highest BCUT2D eigenvalue weighted by molar-refractivity contribution is 9.09. The minimum Gasteiger partial charge on any atom is -0.355 e. The summed E-state index contributed by atoms with van der Waals surface area (Å²) >= 11 is 3.58. The third kappa shape index (κ3) is 2.30. The Balaban J connectivity index is 2.11. The Labute approximate surface area is 99.0 Å². The number of hydrogen-bond acceptors (Lipinski definition) is 3. The van der Waals surface area contributed by atoms with Crippen LogP contribution in [0.5, 0.6) is 0 Å². The Morgan fingerprint density at radius 1 is 1.47 bits per heavy atom. The van der Waals surface area contributed by atoms with Crippen molar-refractivity contribution >= 4 is 21.7 Å². The van der Waals surface area contributed by atoms with Gasteiger partial charge in [0.25, 0.3) is 0 Å². The normalized spacial score (nSPS) is 25.9. The minimum absolute atomic E-state index is 0.382. The molecule has 1 unspecified atom stereocenters. The van der Waals surface area contributed by atoms with Crippen molar-refractivity contribution < 1.29 is 0 Å². The first-order chi connectivity index (χ1) is 7.13. The van der Waals surface area contributed by atoms with Crippen molar-refractivity contribution in [3.8, 4) is 0 Å². The monoisotopic (exact) mass is 269 g/mol. The van der Waals surface area contributed by atoms with Crippen LogP contribution >= 0.6 is 15.9 Å². The first kappa shape index (κ1) is 10.9. The van der Waals surface area contributed by atoms with Gasteiger partial charge in [0.2, 0.25) is 0 Å². The predicted octanol–water partition coefficient (Wildman–Crippen LogP) is 2.40. The molecule has 4 heteroatoms. The van der Waals surface area contributed by atoms with Crippen LogP contribution in [0.2, 0.25) is 0 Å². The summed E-state index contributed by atoms with van der Waals surface area (Å²) in [6.45, 7) is 6.42. The maximum Gasteiger partial charge on any atom is 0.151 e. The third-order valence-corrected chi connectivity index (χ3v) is 4.34. The van der Waals surface area contributed by atoms with Crippen LogP contribution in [0, 0.1) is 12.3 Å². The summed E-state index contributed by atoms with van der Waals surface area (Å²) in [7, 11) is 0. The fraction of sp³-hybridized carbons (Fsp3) is 0.636. The minimum atomic E-state index is 0.382. The second kappa shape index (κ2) is 4.08. The molecule has 1 fully saturated rings. The predicted molar refractivity (Wildman–Crippen MR) is 65.5 cm³/mol. The molecule has 82 valence electrons. The SMILES string of the molecule is Cc1ccc(N2CCC(C)(CBr)C2)nn1. The Kier molecular flexibility index (Phi) is 2.96. The standard InChI is InChI=1S/C11H16BrN3/c1-9-3-4-10(14-13-9)15-6-5-11(2,7-12)8-15/h3-4H,5-8H2,1-2H3. The molecule has 1 aromatic rings. The van der Waals surface area contributed by atoms with Gasteiger partial charge in [-0.25, -0.2) is 0 Å². The van der Waals surface area contributed by atoms with E-state index in [4.69, 9.17) is 0 Å². The van der Waals surface area contributed by atoms with Gasteiger partial charge in [-0.3, -0.25) is 0 Å². The van der Waals surface area contributed by atoms with E-state index in [1.54, 1.807) is 0 Å². The van der Waals surface area contributed by atoms with E-state index in [-0.39, 0.29) is 0 Å². The number of alkyl halides is 1. The van der Waals surface area contributed by atoms with E-state index in [9.17, 15) is 0 Å². The van der Waals surface area contributed by atoms with Gasteiger partial charge >= 0.3 is 0 Å². The van der Waals surface area contributed by atoms with Crippen LogP contribution in [0.1, 0.15) is 19.0 Å². The highest BCUT2D eigenvalue weighted by atomic mass is 79.9. The molecule has 0 saturated carbocycles. The van der Waals surface area contributed by atoms with Crippen molar-refractivity contribution in [2.45, 2.75) is 20.3 Å². The number of halogens is 1. The van der Waals surface area contributed by atoms with Gasteiger partial charge in [0.05, 0.1) is 5.69 Å². The lowest BCUT2D eigenvalue weighted by atomic mass is 9.93. The molecule has 1 atom stereocenters. The molecular formula is C11H16BrN3. The zero-order chi connectivity index (χ0) is 10.9. The molecule has 0 amide bonds. The van der Waals surface area contributed by atoms with Gasteiger partial charge in [-0.2, -0.15) is 5.10 Å². The number of rotatable bonds is 2. The van der Waals surface area contributed by atoms with E-state index in [0.717, 1.165) is 29.9 Å². The quantitative estimate of drug-likeness (QED) is 0.773. The van der Waals surface area contributed by atoms with Gasteiger partial charge in [0.15, 0.2) is 5.82 Å². The van der Waals surface area contributed by atoms with E-state index in [1.807, 2.05) is 13.0 Å². The van der Waals surface area contributed by atoms with Gasteiger partial charge in [0, 0.05) is 18.4 Å². The summed E-state index contributed by atoms with van der Waals surface area (Å²) in [5, 5.41) is 9.37. The van der Waals surface area contributed by atoms with Gasteiger partial charge in [-0.1, -0.05) is 22.9 Å². The second-order valence-corrected chi connectivity index (χ2v) is 5.21.